The molecule has 23 heavy (non-hydrogen) atoms. The molecule has 1 unspecified atom stereocenters. The van der Waals surface area contributed by atoms with Crippen LogP contribution in [0.25, 0.3) is 16.6 Å². The SMILES string of the molecule is O=C1CCCCC1c1cn(-c2ccccc2)c2cc(Cl)ccc12. The summed E-state index contributed by atoms with van der Waals surface area (Å²) in [4.78, 5) is 12.4. The van der Waals surface area contributed by atoms with Gasteiger partial charge in [0.25, 0.3) is 0 Å². The summed E-state index contributed by atoms with van der Waals surface area (Å²) in [6, 6.07) is 16.2. The Balaban J connectivity index is 1.94. The molecule has 116 valence electrons. The van der Waals surface area contributed by atoms with Crippen LogP contribution in [0, 0.1) is 0 Å². The molecule has 4 rings (SSSR count). The van der Waals surface area contributed by atoms with E-state index in [2.05, 4.69) is 22.9 Å². The molecular weight excluding hydrogens is 306 g/mol. The van der Waals surface area contributed by atoms with Crippen molar-refractivity contribution in [1.82, 2.24) is 4.57 Å². The maximum Gasteiger partial charge on any atom is 0.140 e. The zero-order chi connectivity index (χ0) is 15.8. The lowest BCUT2D eigenvalue weighted by Gasteiger charge is -2.20. The summed E-state index contributed by atoms with van der Waals surface area (Å²) < 4.78 is 2.15. The number of ketones is 1. The lowest BCUT2D eigenvalue weighted by Crippen LogP contribution is -2.16. The van der Waals surface area contributed by atoms with Crippen LogP contribution in [0.2, 0.25) is 5.02 Å². The highest BCUT2D eigenvalue weighted by Crippen LogP contribution is 2.37. The first kappa shape index (κ1) is 14.5. The second-order valence-electron chi connectivity index (χ2n) is 6.22. The van der Waals surface area contributed by atoms with Gasteiger partial charge in [0.05, 0.1) is 5.52 Å². The van der Waals surface area contributed by atoms with Crippen LogP contribution in [0.1, 0.15) is 37.2 Å². The van der Waals surface area contributed by atoms with Crippen molar-refractivity contribution in [2.24, 2.45) is 0 Å². The van der Waals surface area contributed by atoms with Gasteiger partial charge in [-0.2, -0.15) is 0 Å². The average Bonchev–Trinajstić information content (AvgIpc) is 2.94. The molecule has 0 saturated heterocycles. The molecule has 1 atom stereocenters. The van der Waals surface area contributed by atoms with Crippen LogP contribution in [0.4, 0.5) is 0 Å². The van der Waals surface area contributed by atoms with Crippen LogP contribution in [0.5, 0.6) is 0 Å². The van der Waals surface area contributed by atoms with Gasteiger partial charge in [0.1, 0.15) is 5.78 Å². The van der Waals surface area contributed by atoms with E-state index < -0.39 is 0 Å². The van der Waals surface area contributed by atoms with Crippen molar-refractivity contribution in [1.29, 1.82) is 0 Å². The fraction of sp³-hybridized carbons (Fsp3) is 0.250. The summed E-state index contributed by atoms with van der Waals surface area (Å²) in [7, 11) is 0. The van der Waals surface area contributed by atoms with Gasteiger partial charge >= 0.3 is 0 Å². The highest BCUT2D eigenvalue weighted by molar-refractivity contribution is 6.31. The Hall–Kier alpha value is -2.06. The van der Waals surface area contributed by atoms with Crippen LogP contribution in [0.15, 0.2) is 54.7 Å². The number of carbonyl (C=O) groups is 1. The Labute approximate surface area is 140 Å². The Morgan fingerprint density at radius 3 is 2.65 bits per heavy atom. The fourth-order valence-electron chi connectivity index (χ4n) is 3.62. The average molecular weight is 324 g/mol. The second-order valence-corrected chi connectivity index (χ2v) is 6.65. The highest BCUT2D eigenvalue weighted by atomic mass is 35.5. The lowest BCUT2D eigenvalue weighted by molar-refractivity contribution is -0.121. The molecule has 0 radical (unpaired) electrons. The predicted molar refractivity (Wildman–Crippen MR) is 94.5 cm³/mol. The maximum absolute atomic E-state index is 12.4. The third kappa shape index (κ3) is 2.57. The molecule has 1 aliphatic rings. The zero-order valence-electron chi connectivity index (χ0n) is 12.8. The Kier molecular flexibility index (Phi) is 3.70. The summed E-state index contributed by atoms with van der Waals surface area (Å²) in [5.74, 6) is 0.399. The fourth-order valence-corrected chi connectivity index (χ4v) is 3.78. The first-order valence-electron chi connectivity index (χ1n) is 8.13. The minimum Gasteiger partial charge on any atom is -0.316 e. The summed E-state index contributed by atoms with van der Waals surface area (Å²) in [6.07, 6.45) is 5.94. The summed E-state index contributed by atoms with van der Waals surface area (Å²) >= 11 is 6.22. The largest absolute Gasteiger partial charge is 0.316 e. The van der Waals surface area contributed by atoms with Crippen LogP contribution >= 0.6 is 11.6 Å². The van der Waals surface area contributed by atoms with E-state index in [1.165, 1.54) is 0 Å². The van der Waals surface area contributed by atoms with Gasteiger partial charge in [-0.3, -0.25) is 4.79 Å². The third-order valence-corrected chi connectivity index (χ3v) is 5.00. The van der Waals surface area contributed by atoms with E-state index in [9.17, 15) is 4.79 Å². The summed E-state index contributed by atoms with van der Waals surface area (Å²) in [6.45, 7) is 0. The number of Topliss-reactive ketones (excluding diaryl/α,β-unsaturated/α-hetero) is 1. The summed E-state index contributed by atoms with van der Waals surface area (Å²) in [5, 5.41) is 1.85. The number of aromatic nitrogens is 1. The first-order valence-corrected chi connectivity index (χ1v) is 8.50. The molecule has 1 fully saturated rings. The summed E-state index contributed by atoms with van der Waals surface area (Å²) in [5.41, 5.74) is 3.30. The van der Waals surface area contributed by atoms with E-state index in [4.69, 9.17) is 11.6 Å². The van der Waals surface area contributed by atoms with Crippen molar-refractivity contribution < 1.29 is 4.79 Å². The lowest BCUT2D eigenvalue weighted by atomic mass is 9.83. The number of hydrogen-bond donors (Lipinski definition) is 0. The minimum atomic E-state index is 0.0254. The molecule has 1 saturated carbocycles. The molecule has 2 aromatic carbocycles. The van der Waals surface area contributed by atoms with Crippen LogP contribution in [0.3, 0.4) is 0 Å². The molecule has 3 heteroatoms. The second kappa shape index (κ2) is 5.86. The van der Waals surface area contributed by atoms with E-state index in [1.54, 1.807) is 0 Å². The van der Waals surface area contributed by atoms with Gasteiger partial charge < -0.3 is 4.57 Å². The number of para-hydroxylation sites is 1. The third-order valence-electron chi connectivity index (χ3n) is 4.76. The molecule has 0 amide bonds. The molecule has 0 bridgehead atoms. The van der Waals surface area contributed by atoms with Gasteiger partial charge in [-0.25, -0.2) is 0 Å². The predicted octanol–water partition coefficient (Wildman–Crippen LogP) is 5.51. The molecule has 0 N–H and O–H groups in total. The normalized spacial score (nSPS) is 18.5. The number of nitrogens with zero attached hydrogens (tertiary/aromatic N) is 1. The van der Waals surface area contributed by atoms with Crippen molar-refractivity contribution in [3.8, 4) is 5.69 Å². The van der Waals surface area contributed by atoms with E-state index >= 15 is 0 Å². The van der Waals surface area contributed by atoms with Crippen LogP contribution in [-0.4, -0.2) is 10.4 Å². The number of hydrogen-bond acceptors (Lipinski definition) is 1. The van der Waals surface area contributed by atoms with Crippen LogP contribution in [-0.2, 0) is 4.79 Å². The van der Waals surface area contributed by atoms with Gasteiger partial charge in [0, 0.05) is 34.6 Å². The van der Waals surface area contributed by atoms with E-state index in [1.807, 2.05) is 36.4 Å². The van der Waals surface area contributed by atoms with Crippen molar-refractivity contribution in [2.45, 2.75) is 31.6 Å². The van der Waals surface area contributed by atoms with Gasteiger partial charge in [0.15, 0.2) is 0 Å². The number of fused-ring (bicyclic) bond motifs is 1. The van der Waals surface area contributed by atoms with Crippen molar-refractivity contribution in [2.75, 3.05) is 0 Å². The quantitative estimate of drug-likeness (QED) is 0.609. The van der Waals surface area contributed by atoms with Gasteiger partial charge in [-0.15, -0.1) is 0 Å². The Morgan fingerprint density at radius 2 is 1.87 bits per heavy atom. The van der Waals surface area contributed by atoms with Gasteiger partial charge in [-0.1, -0.05) is 42.3 Å². The molecule has 1 aromatic heterocycles. The van der Waals surface area contributed by atoms with E-state index in [-0.39, 0.29) is 5.92 Å². The van der Waals surface area contributed by atoms with Crippen molar-refractivity contribution in [3.05, 3.63) is 65.3 Å². The van der Waals surface area contributed by atoms with E-state index in [0.29, 0.717) is 17.2 Å². The van der Waals surface area contributed by atoms with Gasteiger partial charge in [0.2, 0.25) is 0 Å². The number of rotatable bonds is 2. The zero-order valence-corrected chi connectivity index (χ0v) is 13.6. The number of carbonyl (C=O) groups excluding carboxylic acids is 1. The Morgan fingerprint density at radius 1 is 1.04 bits per heavy atom. The monoisotopic (exact) mass is 323 g/mol. The van der Waals surface area contributed by atoms with Crippen molar-refractivity contribution in [3.63, 3.8) is 0 Å². The van der Waals surface area contributed by atoms with Gasteiger partial charge in [-0.05, 0) is 42.7 Å². The molecule has 1 heterocycles. The maximum atomic E-state index is 12.4. The molecule has 0 aliphatic heterocycles. The molecule has 0 spiro atoms. The molecule has 2 nitrogen and oxygen atoms in total. The topological polar surface area (TPSA) is 22.0 Å². The first-order chi connectivity index (χ1) is 11.2. The molecule has 1 aliphatic carbocycles. The minimum absolute atomic E-state index is 0.0254. The highest BCUT2D eigenvalue weighted by Gasteiger charge is 2.27. The molecular formula is C20H18ClNO. The van der Waals surface area contributed by atoms with Crippen LogP contribution < -0.4 is 0 Å². The molecule has 3 aromatic rings. The Bertz CT molecular complexity index is 866. The number of halogens is 1. The standard InChI is InChI=1S/C20H18ClNO/c21-14-10-11-16-18(17-8-4-5-9-20(17)23)13-22(19(16)12-14)15-6-2-1-3-7-15/h1-3,6-7,10-13,17H,4-5,8-9H2. The number of benzene rings is 2. The van der Waals surface area contributed by atoms with E-state index in [0.717, 1.165) is 41.4 Å². The van der Waals surface area contributed by atoms with Crippen molar-refractivity contribution >= 4 is 28.3 Å². The smallest absolute Gasteiger partial charge is 0.140 e.